The highest BCUT2D eigenvalue weighted by Crippen LogP contribution is 2.01. The minimum absolute atomic E-state index is 0.0842. The first kappa shape index (κ1) is 14.7. The summed E-state index contributed by atoms with van der Waals surface area (Å²) >= 11 is 0. The molecule has 0 amide bonds. The predicted molar refractivity (Wildman–Crippen MR) is 54.7 cm³/mol. The van der Waals surface area contributed by atoms with E-state index in [0.717, 1.165) is 7.11 Å². The van der Waals surface area contributed by atoms with Crippen LogP contribution in [0.1, 0.15) is 0 Å². The number of carboxylic acid groups (broad SMARTS) is 1. The Kier molecular flexibility index (Phi) is 5.78. The van der Waals surface area contributed by atoms with Gasteiger partial charge in [-0.2, -0.15) is 8.42 Å². The van der Waals surface area contributed by atoms with Crippen molar-refractivity contribution in [1.29, 1.82) is 0 Å². The highest BCUT2D eigenvalue weighted by Gasteiger charge is 2.10. The molecule has 1 aliphatic heterocycles. The lowest BCUT2D eigenvalue weighted by molar-refractivity contribution is -0.137. The van der Waals surface area contributed by atoms with E-state index < -0.39 is 16.4 Å². The summed E-state index contributed by atoms with van der Waals surface area (Å²) in [5, 5.41) is 8.37. The molecule has 0 aliphatic carbocycles. The highest BCUT2D eigenvalue weighted by atomic mass is 32.3. The van der Waals surface area contributed by atoms with Gasteiger partial charge in [0.1, 0.15) is 6.54 Å². The lowest BCUT2D eigenvalue weighted by atomic mass is 10.6. The van der Waals surface area contributed by atoms with E-state index in [1.807, 2.05) is 18.1 Å². The molecule has 0 unspecified atom stereocenters. The molecular weight excluding hydrogens is 240 g/mol. The second kappa shape index (κ2) is 6.30. The number of aliphatic carboxylic acids is 1. The lowest BCUT2D eigenvalue weighted by Crippen LogP contribution is -2.27. The number of nitrogens with zero attached hydrogens (tertiary/aromatic N) is 2. The van der Waals surface area contributed by atoms with E-state index in [0.29, 0.717) is 6.67 Å². The molecular formula is C7H14N2O6S. The van der Waals surface area contributed by atoms with E-state index in [9.17, 15) is 13.2 Å². The van der Waals surface area contributed by atoms with Crippen LogP contribution in [0.3, 0.4) is 0 Å². The number of rotatable bonds is 3. The van der Waals surface area contributed by atoms with E-state index in [1.54, 1.807) is 11.1 Å². The summed E-state index contributed by atoms with van der Waals surface area (Å²) in [7, 11) is -1.39. The van der Waals surface area contributed by atoms with Crippen molar-refractivity contribution in [2.45, 2.75) is 0 Å². The number of hydrogen-bond donors (Lipinski definition) is 2. The molecule has 0 fully saturated rings. The van der Waals surface area contributed by atoms with Gasteiger partial charge in [0.15, 0.2) is 0 Å². The Balaban J connectivity index is 0.000000325. The summed E-state index contributed by atoms with van der Waals surface area (Å²) in [6, 6.07) is 0. The quantitative estimate of drug-likeness (QED) is 0.629. The third kappa shape index (κ3) is 8.03. The molecule has 0 aromatic heterocycles. The number of hydrogen-bond acceptors (Lipinski definition) is 6. The second-order valence-electron chi connectivity index (χ2n) is 2.93. The molecule has 0 spiro atoms. The first-order valence-electron chi connectivity index (χ1n) is 4.12. The van der Waals surface area contributed by atoms with Gasteiger partial charge in [-0.15, -0.1) is 0 Å². The molecule has 0 aromatic rings. The summed E-state index contributed by atoms with van der Waals surface area (Å²) in [6.07, 6.45) is 3.62. The van der Waals surface area contributed by atoms with Crippen LogP contribution < -0.4 is 0 Å². The molecule has 1 aliphatic rings. The second-order valence-corrected chi connectivity index (χ2v) is 4.12. The van der Waals surface area contributed by atoms with Crippen molar-refractivity contribution in [2.75, 3.05) is 27.4 Å². The van der Waals surface area contributed by atoms with Gasteiger partial charge in [-0.1, -0.05) is 0 Å². The topological polar surface area (TPSA) is 107 Å². The van der Waals surface area contributed by atoms with Crippen LogP contribution in [0.5, 0.6) is 0 Å². The van der Waals surface area contributed by atoms with Crippen LogP contribution >= 0.6 is 0 Å². The molecule has 2 N–H and O–H groups in total. The Hall–Kier alpha value is -1.32. The van der Waals surface area contributed by atoms with Gasteiger partial charge in [-0.05, 0) is 0 Å². The monoisotopic (exact) mass is 254 g/mol. The standard InChI is InChI=1S/C6H10N2O2.CH4O4S/c1-7-2-3-8(5-7)4-6(9)10;1-5-6(2,3)4/h2-3H,4-5H2,1H3,(H,9,10);1H3,(H,2,3,4). The molecule has 0 bridgehead atoms. The van der Waals surface area contributed by atoms with Crippen molar-refractivity contribution in [3.05, 3.63) is 12.4 Å². The van der Waals surface area contributed by atoms with Crippen molar-refractivity contribution in [3.8, 4) is 0 Å². The van der Waals surface area contributed by atoms with Crippen molar-refractivity contribution in [1.82, 2.24) is 9.80 Å². The molecule has 0 radical (unpaired) electrons. The van der Waals surface area contributed by atoms with Gasteiger partial charge in [-0.3, -0.25) is 13.5 Å². The van der Waals surface area contributed by atoms with Gasteiger partial charge in [0.05, 0.1) is 13.8 Å². The average Bonchev–Trinajstić information content (AvgIpc) is 2.50. The summed E-state index contributed by atoms with van der Waals surface area (Å²) in [4.78, 5) is 13.8. The normalized spacial score (nSPS) is 14.7. The molecule has 9 heteroatoms. The van der Waals surface area contributed by atoms with Crippen LogP contribution in [0.2, 0.25) is 0 Å². The summed E-state index contributed by atoms with van der Waals surface area (Å²) in [5.41, 5.74) is 0. The van der Waals surface area contributed by atoms with E-state index in [4.69, 9.17) is 9.66 Å². The Labute approximate surface area is 93.7 Å². The van der Waals surface area contributed by atoms with Gasteiger partial charge in [0, 0.05) is 19.4 Å². The molecule has 0 saturated heterocycles. The summed E-state index contributed by atoms with van der Waals surface area (Å²) < 4.78 is 29.7. The smallest absolute Gasteiger partial charge is 0.397 e. The minimum Gasteiger partial charge on any atom is -0.480 e. The SMILES string of the molecule is CN1C=CN(CC(=O)O)C1.COS(=O)(=O)O. The maximum Gasteiger partial charge on any atom is 0.397 e. The Bertz CT molecular complexity index is 352. The molecule has 94 valence electrons. The fraction of sp³-hybridized carbons (Fsp3) is 0.571. The zero-order valence-electron chi connectivity index (χ0n) is 8.90. The van der Waals surface area contributed by atoms with Crippen LogP contribution in [0, 0.1) is 0 Å². The Morgan fingerprint density at radius 3 is 2.25 bits per heavy atom. The van der Waals surface area contributed by atoms with Crippen molar-refractivity contribution >= 4 is 16.4 Å². The zero-order valence-corrected chi connectivity index (χ0v) is 9.72. The molecule has 1 rings (SSSR count). The molecule has 0 aromatic carbocycles. The fourth-order valence-electron chi connectivity index (χ4n) is 0.865. The van der Waals surface area contributed by atoms with Gasteiger partial charge in [0.25, 0.3) is 0 Å². The molecule has 16 heavy (non-hydrogen) atoms. The Morgan fingerprint density at radius 1 is 1.50 bits per heavy atom. The average molecular weight is 254 g/mol. The highest BCUT2D eigenvalue weighted by molar-refractivity contribution is 7.80. The molecule has 0 atom stereocenters. The lowest BCUT2D eigenvalue weighted by Gasteiger charge is -2.14. The first-order valence-corrected chi connectivity index (χ1v) is 5.48. The van der Waals surface area contributed by atoms with Crippen LogP contribution in [-0.2, 0) is 19.4 Å². The molecule has 8 nitrogen and oxygen atoms in total. The number of carboxylic acids is 1. The van der Waals surface area contributed by atoms with E-state index in [2.05, 4.69) is 4.18 Å². The fourth-order valence-corrected chi connectivity index (χ4v) is 0.865. The van der Waals surface area contributed by atoms with Crippen molar-refractivity contribution in [3.63, 3.8) is 0 Å². The van der Waals surface area contributed by atoms with Crippen molar-refractivity contribution < 1.29 is 27.1 Å². The van der Waals surface area contributed by atoms with Crippen LogP contribution in [0.4, 0.5) is 0 Å². The van der Waals surface area contributed by atoms with Gasteiger partial charge >= 0.3 is 16.4 Å². The third-order valence-electron chi connectivity index (χ3n) is 1.49. The first-order chi connectivity index (χ1) is 7.24. The zero-order chi connectivity index (χ0) is 12.8. The maximum atomic E-state index is 10.2. The molecule has 1 heterocycles. The van der Waals surface area contributed by atoms with Crippen LogP contribution in [-0.4, -0.2) is 61.2 Å². The van der Waals surface area contributed by atoms with Crippen LogP contribution in [0.25, 0.3) is 0 Å². The van der Waals surface area contributed by atoms with E-state index >= 15 is 0 Å². The summed E-state index contributed by atoms with van der Waals surface area (Å²) in [5.74, 6) is -0.792. The minimum atomic E-state index is -4.16. The van der Waals surface area contributed by atoms with Gasteiger partial charge < -0.3 is 14.9 Å². The van der Waals surface area contributed by atoms with E-state index in [1.165, 1.54) is 0 Å². The van der Waals surface area contributed by atoms with Crippen molar-refractivity contribution in [2.24, 2.45) is 0 Å². The van der Waals surface area contributed by atoms with Gasteiger partial charge in [-0.25, -0.2) is 0 Å². The van der Waals surface area contributed by atoms with E-state index in [-0.39, 0.29) is 6.54 Å². The summed E-state index contributed by atoms with van der Waals surface area (Å²) in [6.45, 7) is 0.757. The largest absolute Gasteiger partial charge is 0.480 e. The Morgan fingerprint density at radius 2 is 2.00 bits per heavy atom. The molecule has 0 saturated carbocycles. The third-order valence-corrected chi connectivity index (χ3v) is 1.91. The maximum absolute atomic E-state index is 10.2. The predicted octanol–water partition coefficient (Wildman–Crippen LogP) is -0.817. The van der Waals surface area contributed by atoms with Gasteiger partial charge in [0.2, 0.25) is 0 Å². The number of carbonyl (C=O) groups is 1. The van der Waals surface area contributed by atoms with Crippen LogP contribution in [0.15, 0.2) is 12.4 Å².